The molecule has 2 bridgehead atoms. The summed E-state index contributed by atoms with van der Waals surface area (Å²) in [6.45, 7) is 9.10. The summed E-state index contributed by atoms with van der Waals surface area (Å²) < 4.78 is 48.8. The zero-order valence-corrected chi connectivity index (χ0v) is 30.4. The Morgan fingerprint density at radius 1 is 1.06 bits per heavy atom. The lowest BCUT2D eigenvalue weighted by Crippen LogP contribution is -2.50. The summed E-state index contributed by atoms with van der Waals surface area (Å²) in [4.78, 5) is 18.2. The number of carbonyl (C=O) groups excluding carboxylic acids is 1. The zero-order valence-electron chi connectivity index (χ0n) is 28.8. The first-order chi connectivity index (χ1) is 23.5. The van der Waals surface area contributed by atoms with E-state index in [2.05, 4.69) is 32.7 Å². The van der Waals surface area contributed by atoms with Crippen LogP contribution in [0, 0.1) is 11.8 Å². The number of amides is 1. The Balaban J connectivity index is 1.24. The minimum atomic E-state index is -4.19. The van der Waals surface area contributed by atoms with Crippen molar-refractivity contribution in [3.63, 3.8) is 0 Å². The van der Waals surface area contributed by atoms with Gasteiger partial charge < -0.3 is 24.0 Å². The molecule has 0 aromatic heterocycles. The van der Waals surface area contributed by atoms with Gasteiger partial charge in [-0.15, -0.1) is 0 Å². The molecule has 2 aromatic carbocycles. The summed E-state index contributed by atoms with van der Waals surface area (Å²) in [5.74, 6) is 0.569. The summed E-state index contributed by atoms with van der Waals surface area (Å²) in [5, 5.41) is 0.737. The highest BCUT2D eigenvalue weighted by Crippen LogP contribution is 2.47. The third-order valence-electron chi connectivity index (χ3n) is 11.5. The van der Waals surface area contributed by atoms with Gasteiger partial charge in [0, 0.05) is 30.1 Å². The third kappa shape index (κ3) is 7.40. The topological polar surface area (TPSA) is 97.4 Å². The molecule has 4 atom stereocenters. The highest BCUT2D eigenvalue weighted by Gasteiger charge is 2.45. The average Bonchev–Trinajstić information content (AvgIpc) is 3.21. The number of hydrogen-bond acceptors (Lipinski definition) is 8. The van der Waals surface area contributed by atoms with Gasteiger partial charge in [-0.05, 0) is 125 Å². The molecule has 2 aromatic rings. The monoisotopic (exact) mass is 711 g/mol. The van der Waals surface area contributed by atoms with Crippen molar-refractivity contribution in [1.29, 1.82) is 0 Å². The van der Waals surface area contributed by atoms with Crippen LogP contribution in [0.25, 0.3) is 0 Å². The maximum atomic E-state index is 13.6. The summed E-state index contributed by atoms with van der Waals surface area (Å²) in [7, 11) is -4.19. The van der Waals surface area contributed by atoms with Gasteiger partial charge in [0.2, 0.25) is 0 Å². The molecule has 7 rings (SSSR count). The fourth-order valence-electron chi connectivity index (χ4n) is 8.44. The molecule has 0 radical (unpaired) electrons. The van der Waals surface area contributed by atoms with E-state index >= 15 is 0 Å². The fourth-order valence-corrected chi connectivity index (χ4v) is 9.75. The van der Waals surface area contributed by atoms with E-state index in [-0.39, 0.29) is 23.0 Å². The number of fused-ring (bicyclic) bond motifs is 4. The quantitative estimate of drug-likeness (QED) is 0.393. The van der Waals surface area contributed by atoms with Crippen LogP contribution in [0.1, 0.15) is 69.9 Å². The first kappa shape index (κ1) is 34.8. The molecule has 3 heterocycles. The minimum Gasteiger partial charge on any atom is -0.490 e. The standard InChI is InChI=1S/C38H50ClN3O6S/c1-37(2)36(43)40-49(44,45)30-12-15-35-33(23-30)42(25-38(26-47-35)16-6-8-27-22-29(39)11-14-32(27)38)24-28-10-13-31(28)34(9-7-20-48-37)46-21-19-41-17-4-3-5-18-41/h7,9,11-12,14-15,22-23,28,31,34H,3-6,8,10,13,16-21,24-26H2,1-2H3,(H,40,43)/b9-7+/t28-,31+,34-,38-/m0/s1. The third-order valence-corrected chi connectivity index (χ3v) is 13.0. The minimum absolute atomic E-state index is 0.0202. The van der Waals surface area contributed by atoms with Crippen LogP contribution in [0.4, 0.5) is 5.69 Å². The number of anilines is 1. The van der Waals surface area contributed by atoms with E-state index in [1.807, 2.05) is 12.1 Å². The smallest absolute Gasteiger partial charge is 0.265 e. The number of sulfonamides is 1. The van der Waals surface area contributed by atoms with Gasteiger partial charge in [-0.3, -0.25) is 4.79 Å². The predicted molar refractivity (Wildman–Crippen MR) is 191 cm³/mol. The molecule has 1 N–H and O–H groups in total. The number of benzene rings is 2. The van der Waals surface area contributed by atoms with E-state index < -0.39 is 21.5 Å². The van der Waals surface area contributed by atoms with Crippen LogP contribution in [0.15, 0.2) is 53.4 Å². The van der Waals surface area contributed by atoms with Crippen molar-refractivity contribution in [2.45, 2.75) is 87.2 Å². The SMILES string of the molecule is CC1(C)OC/C=C/[C@H](OCCN2CCCCC2)[C@@H]2CC[C@H]2CN2C[C@@]3(CCCc4cc(Cl)ccc43)COc3ccc(cc32)S(=O)(=O)NC1=O. The van der Waals surface area contributed by atoms with Gasteiger partial charge >= 0.3 is 0 Å². The van der Waals surface area contributed by atoms with E-state index in [9.17, 15) is 13.2 Å². The predicted octanol–water partition coefficient (Wildman–Crippen LogP) is 5.88. The van der Waals surface area contributed by atoms with Crippen LogP contribution in [0.2, 0.25) is 5.02 Å². The van der Waals surface area contributed by atoms with Crippen molar-refractivity contribution in [3.05, 3.63) is 64.7 Å². The molecule has 1 saturated heterocycles. The van der Waals surface area contributed by atoms with Crippen molar-refractivity contribution in [2.24, 2.45) is 11.8 Å². The molecule has 3 aliphatic heterocycles. The van der Waals surface area contributed by atoms with Gasteiger partial charge in [0.25, 0.3) is 15.9 Å². The van der Waals surface area contributed by atoms with E-state index in [0.717, 1.165) is 69.0 Å². The molecule has 9 nitrogen and oxygen atoms in total. The van der Waals surface area contributed by atoms with Crippen molar-refractivity contribution < 1.29 is 27.4 Å². The van der Waals surface area contributed by atoms with Gasteiger partial charge in [-0.25, -0.2) is 13.1 Å². The number of nitrogens with zero attached hydrogens (tertiary/aromatic N) is 2. The Labute approximate surface area is 296 Å². The van der Waals surface area contributed by atoms with Crippen molar-refractivity contribution >= 4 is 33.2 Å². The first-order valence-electron chi connectivity index (χ1n) is 18.1. The van der Waals surface area contributed by atoms with Crippen molar-refractivity contribution in [3.8, 4) is 5.75 Å². The van der Waals surface area contributed by atoms with E-state index in [4.69, 9.17) is 25.8 Å². The zero-order chi connectivity index (χ0) is 34.2. The Morgan fingerprint density at radius 3 is 2.69 bits per heavy atom. The summed E-state index contributed by atoms with van der Waals surface area (Å²) >= 11 is 6.46. The number of carbonyl (C=O) groups is 1. The maximum absolute atomic E-state index is 13.6. The molecule has 1 saturated carbocycles. The van der Waals surface area contributed by atoms with Gasteiger partial charge in [0.1, 0.15) is 11.4 Å². The van der Waals surface area contributed by atoms with Crippen molar-refractivity contribution in [2.75, 3.05) is 57.4 Å². The van der Waals surface area contributed by atoms with Gasteiger partial charge in [-0.2, -0.15) is 0 Å². The van der Waals surface area contributed by atoms with Crippen LogP contribution >= 0.6 is 11.6 Å². The number of hydrogen-bond donors (Lipinski definition) is 1. The average molecular weight is 712 g/mol. The summed E-state index contributed by atoms with van der Waals surface area (Å²) in [6, 6.07) is 11.2. The summed E-state index contributed by atoms with van der Waals surface area (Å²) in [5.41, 5.74) is 1.60. The number of nitrogens with one attached hydrogen (secondary N) is 1. The molecular formula is C38H50ClN3O6S. The van der Waals surface area contributed by atoms with E-state index in [1.165, 1.54) is 36.5 Å². The second-order valence-electron chi connectivity index (χ2n) is 15.2. The van der Waals surface area contributed by atoms with Crippen LogP contribution in [-0.4, -0.2) is 83.5 Å². The normalized spacial score (nSPS) is 30.6. The lowest BCUT2D eigenvalue weighted by Gasteiger charge is -2.46. The Hall–Kier alpha value is -2.63. The van der Waals surface area contributed by atoms with E-state index in [1.54, 1.807) is 26.0 Å². The van der Waals surface area contributed by atoms with Gasteiger partial charge in [0.05, 0.1) is 36.5 Å². The number of halogens is 1. The van der Waals surface area contributed by atoms with Crippen LogP contribution < -0.4 is 14.4 Å². The molecule has 1 amide bonds. The Morgan fingerprint density at radius 2 is 1.90 bits per heavy atom. The fraction of sp³-hybridized carbons (Fsp3) is 0.605. The number of aryl methyl sites for hydroxylation is 1. The highest BCUT2D eigenvalue weighted by atomic mass is 35.5. The molecule has 0 unspecified atom stereocenters. The number of ether oxygens (including phenoxy) is 3. The molecule has 1 spiro atoms. The Bertz CT molecular complexity index is 1680. The lowest BCUT2D eigenvalue weighted by atomic mass is 9.68. The molecule has 2 fully saturated rings. The van der Waals surface area contributed by atoms with Gasteiger partial charge in [-0.1, -0.05) is 36.2 Å². The highest BCUT2D eigenvalue weighted by molar-refractivity contribution is 7.90. The van der Waals surface area contributed by atoms with E-state index in [0.29, 0.717) is 37.3 Å². The second-order valence-corrected chi connectivity index (χ2v) is 17.3. The van der Waals surface area contributed by atoms with Crippen LogP contribution in [0.3, 0.4) is 0 Å². The number of piperidine rings is 1. The maximum Gasteiger partial charge on any atom is 0.265 e. The second kappa shape index (κ2) is 14.2. The Kier molecular flexibility index (Phi) is 10.1. The molecule has 11 heteroatoms. The number of rotatable bonds is 4. The molecular weight excluding hydrogens is 662 g/mol. The molecule has 2 aliphatic carbocycles. The first-order valence-corrected chi connectivity index (χ1v) is 19.9. The van der Waals surface area contributed by atoms with Crippen LogP contribution in [0.5, 0.6) is 5.75 Å². The molecule has 49 heavy (non-hydrogen) atoms. The molecule has 266 valence electrons. The summed E-state index contributed by atoms with van der Waals surface area (Å²) in [6.07, 6.45) is 12.8. The van der Waals surface area contributed by atoms with Gasteiger partial charge in [0.15, 0.2) is 0 Å². The van der Waals surface area contributed by atoms with Crippen molar-refractivity contribution in [1.82, 2.24) is 9.62 Å². The number of likely N-dealkylation sites (tertiary alicyclic amines) is 1. The van der Waals surface area contributed by atoms with Crippen LogP contribution in [-0.2, 0) is 36.1 Å². The largest absolute Gasteiger partial charge is 0.490 e. The lowest BCUT2D eigenvalue weighted by molar-refractivity contribution is -0.139. The molecule has 5 aliphatic rings.